The first kappa shape index (κ1) is 11.4. The van der Waals surface area contributed by atoms with Gasteiger partial charge < -0.3 is 10.0 Å². The molecule has 0 aliphatic rings. The van der Waals surface area contributed by atoms with Gasteiger partial charge in [0, 0.05) is 0 Å². The number of hydrogen-bond donors (Lipinski definition) is 2. The maximum absolute atomic E-state index is 7.12. The third-order valence-electron chi connectivity index (χ3n) is 1.65. The molecule has 0 amide bonds. The van der Waals surface area contributed by atoms with Gasteiger partial charge in [-0.3, -0.25) is 0 Å². The van der Waals surface area contributed by atoms with E-state index in [2.05, 4.69) is 22.2 Å². The molecular weight excluding hydrogens is 193 g/mol. The van der Waals surface area contributed by atoms with E-state index in [9.17, 15) is 0 Å². The lowest BCUT2D eigenvalue weighted by molar-refractivity contribution is 0.448. The zero-order valence-corrected chi connectivity index (χ0v) is 8.19. The van der Waals surface area contributed by atoms with Gasteiger partial charge >= 0.3 is 7.69 Å². The third-order valence-corrected chi connectivity index (χ3v) is 1.65. The summed E-state index contributed by atoms with van der Waals surface area (Å²) < 4.78 is 1.80. The Labute approximate surface area is 88.3 Å². The number of hydrogen-bond acceptors (Lipinski definition) is 4. The van der Waals surface area contributed by atoms with E-state index in [1.54, 1.807) is 17.3 Å². The van der Waals surface area contributed by atoms with Crippen molar-refractivity contribution >= 4 is 7.69 Å². The van der Waals surface area contributed by atoms with Gasteiger partial charge in [-0.2, -0.15) is 5.10 Å². The van der Waals surface area contributed by atoms with E-state index in [1.807, 2.05) is 18.2 Å². The molecule has 2 N–H and O–H groups in total. The first-order valence-electron chi connectivity index (χ1n) is 4.45. The molecule has 0 bridgehead atoms. The molecule has 0 unspecified atom stereocenters. The molecule has 0 aliphatic carbocycles. The van der Waals surface area contributed by atoms with E-state index in [1.165, 1.54) is 5.56 Å². The van der Waals surface area contributed by atoms with E-state index in [0.717, 1.165) is 6.54 Å². The molecule has 0 radical (unpaired) electrons. The Bertz CT molecular complexity index is 353. The normalized spacial score (nSPS) is 8.93. The summed E-state index contributed by atoms with van der Waals surface area (Å²) in [6.45, 7) is 0.792. The molecule has 6 heteroatoms. The molecule has 0 fully saturated rings. The molecule has 5 nitrogen and oxygen atoms in total. The minimum Gasteiger partial charge on any atom is -0.430 e. The lowest BCUT2D eigenvalue weighted by Gasteiger charge is -1.98. The molecule has 0 atom stereocenters. The zero-order valence-electron chi connectivity index (χ0n) is 8.19. The van der Waals surface area contributed by atoms with Crippen LogP contribution in [0.15, 0.2) is 43.0 Å². The van der Waals surface area contributed by atoms with Gasteiger partial charge in [-0.1, -0.05) is 30.3 Å². The molecular formula is C9H12BN3O2. The topological polar surface area (TPSA) is 71.2 Å². The molecule has 2 rings (SSSR count). The van der Waals surface area contributed by atoms with Crippen LogP contribution in [0.4, 0.5) is 0 Å². The fourth-order valence-electron chi connectivity index (χ4n) is 1.08. The monoisotopic (exact) mass is 205 g/mol. The van der Waals surface area contributed by atoms with Crippen LogP contribution in [0.1, 0.15) is 5.56 Å². The Balaban J connectivity index is 0.000000337. The Morgan fingerprint density at radius 1 is 1.20 bits per heavy atom. The van der Waals surface area contributed by atoms with E-state index in [0.29, 0.717) is 0 Å². The number of nitrogens with zero attached hydrogens (tertiary/aromatic N) is 3. The van der Waals surface area contributed by atoms with Crippen LogP contribution in [0.3, 0.4) is 0 Å². The zero-order chi connectivity index (χ0) is 10.9. The number of rotatable bonds is 2. The van der Waals surface area contributed by atoms with Crippen LogP contribution >= 0.6 is 0 Å². The average molecular weight is 205 g/mol. The van der Waals surface area contributed by atoms with E-state index >= 15 is 0 Å². The van der Waals surface area contributed by atoms with Crippen molar-refractivity contribution in [1.29, 1.82) is 0 Å². The molecule has 78 valence electrons. The van der Waals surface area contributed by atoms with Crippen molar-refractivity contribution in [2.75, 3.05) is 0 Å². The fraction of sp³-hybridized carbons (Fsp3) is 0.111. The molecule has 2 aromatic rings. The van der Waals surface area contributed by atoms with Crippen molar-refractivity contribution in [1.82, 2.24) is 14.8 Å². The standard InChI is InChI=1S/C9H9N3.BH3O2/c1-2-4-9(5-3-1)6-12-8-10-7-11-12;2-1-3/h1-5,7-8H,6H2;1-3H. The predicted molar refractivity (Wildman–Crippen MR) is 57.2 cm³/mol. The summed E-state index contributed by atoms with van der Waals surface area (Å²) in [7, 11) is -0.750. The number of benzene rings is 1. The van der Waals surface area contributed by atoms with Crippen LogP contribution < -0.4 is 0 Å². The van der Waals surface area contributed by atoms with Crippen molar-refractivity contribution in [3.05, 3.63) is 48.5 Å². The summed E-state index contributed by atoms with van der Waals surface area (Å²) in [5.41, 5.74) is 1.24. The Kier molecular flexibility index (Phi) is 5.14. The lowest BCUT2D eigenvalue weighted by Crippen LogP contribution is -1.98. The summed E-state index contributed by atoms with van der Waals surface area (Å²) in [4.78, 5) is 3.87. The first-order chi connectivity index (χ1) is 7.36. The van der Waals surface area contributed by atoms with Gasteiger partial charge in [0.15, 0.2) is 0 Å². The van der Waals surface area contributed by atoms with Crippen LogP contribution in [0, 0.1) is 0 Å². The van der Waals surface area contributed by atoms with Crippen LogP contribution in [0.5, 0.6) is 0 Å². The van der Waals surface area contributed by atoms with Crippen molar-refractivity contribution in [3.8, 4) is 0 Å². The third kappa shape index (κ3) is 4.39. The smallest absolute Gasteiger partial charge is 0.430 e. The van der Waals surface area contributed by atoms with Gasteiger partial charge in [0.2, 0.25) is 0 Å². The van der Waals surface area contributed by atoms with Crippen molar-refractivity contribution < 1.29 is 10.0 Å². The highest BCUT2D eigenvalue weighted by molar-refractivity contribution is 6.13. The summed E-state index contributed by atoms with van der Waals surface area (Å²) in [5, 5.41) is 18.3. The van der Waals surface area contributed by atoms with Gasteiger partial charge in [0.05, 0.1) is 6.54 Å². The minimum absolute atomic E-state index is 0.750. The van der Waals surface area contributed by atoms with Gasteiger partial charge in [-0.25, -0.2) is 9.67 Å². The van der Waals surface area contributed by atoms with Gasteiger partial charge in [-0.05, 0) is 5.56 Å². The molecule has 15 heavy (non-hydrogen) atoms. The van der Waals surface area contributed by atoms with Crippen LogP contribution in [-0.2, 0) is 6.54 Å². The second kappa shape index (κ2) is 6.75. The van der Waals surface area contributed by atoms with Crippen molar-refractivity contribution in [2.45, 2.75) is 6.54 Å². The predicted octanol–water partition coefficient (Wildman–Crippen LogP) is -0.436. The Hall–Kier alpha value is -1.66. The lowest BCUT2D eigenvalue weighted by atomic mass is 10.2. The SMILES string of the molecule is OBO.c1ccc(Cn2cncn2)cc1. The molecule has 0 spiro atoms. The highest BCUT2D eigenvalue weighted by Crippen LogP contribution is 1.99. The van der Waals surface area contributed by atoms with E-state index < -0.39 is 7.69 Å². The van der Waals surface area contributed by atoms with Gasteiger partial charge in [0.1, 0.15) is 12.7 Å². The second-order valence-electron chi connectivity index (χ2n) is 2.72. The molecule has 0 saturated heterocycles. The van der Waals surface area contributed by atoms with Gasteiger partial charge in [-0.15, -0.1) is 0 Å². The Morgan fingerprint density at radius 3 is 2.40 bits per heavy atom. The van der Waals surface area contributed by atoms with Crippen LogP contribution in [0.25, 0.3) is 0 Å². The molecule has 0 aliphatic heterocycles. The summed E-state index contributed by atoms with van der Waals surface area (Å²) in [6, 6.07) is 10.2. The Morgan fingerprint density at radius 2 is 1.87 bits per heavy atom. The summed E-state index contributed by atoms with van der Waals surface area (Å²) in [5.74, 6) is 0. The van der Waals surface area contributed by atoms with Crippen LogP contribution in [-0.4, -0.2) is 32.5 Å². The van der Waals surface area contributed by atoms with Crippen molar-refractivity contribution in [2.24, 2.45) is 0 Å². The van der Waals surface area contributed by atoms with E-state index in [-0.39, 0.29) is 0 Å². The average Bonchev–Trinajstić information content (AvgIpc) is 2.73. The van der Waals surface area contributed by atoms with Crippen LogP contribution in [0.2, 0.25) is 0 Å². The first-order valence-corrected chi connectivity index (χ1v) is 4.45. The van der Waals surface area contributed by atoms with Gasteiger partial charge in [0.25, 0.3) is 0 Å². The fourth-order valence-corrected chi connectivity index (χ4v) is 1.08. The minimum atomic E-state index is -0.750. The molecule has 0 saturated carbocycles. The molecule has 1 aromatic carbocycles. The van der Waals surface area contributed by atoms with Crippen molar-refractivity contribution in [3.63, 3.8) is 0 Å². The highest BCUT2D eigenvalue weighted by atomic mass is 16.4. The van der Waals surface area contributed by atoms with E-state index in [4.69, 9.17) is 10.0 Å². The number of aromatic nitrogens is 3. The largest absolute Gasteiger partial charge is 0.432 e. The highest BCUT2D eigenvalue weighted by Gasteiger charge is 1.92. The summed E-state index contributed by atoms with van der Waals surface area (Å²) >= 11 is 0. The maximum atomic E-state index is 7.12. The molecule has 1 aromatic heterocycles. The molecule has 1 heterocycles. The quantitative estimate of drug-likeness (QED) is 0.652. The summed E-state index contributed by atoms with van der Waals surface area (Å²) in [6.07, 6.45) is 3.26. The maximum Gasteiger partial charge on any atom is 0.432 e. The second-order valence-corrected chi connectivity index (χ2v) is 2.72.